The lowest BCUT2D eigenvalue weighted by atomic mass is 9.99. The predicted octanol–water partition coefficient (Wildman–Crippen LogP) is 3.29. The van der Waals surface area contributed by atoms with Gasteiger partial charge >= 0.3 is 0 Å². The second-order valence-corrected chi connectivity index (χ2v) is 4.99. The summed E-state index contributed by atoms with van der Waals surface area (Å²) < 4.78 is 13.7. The van der Waals surface area contributed by atoms with Crippen LogP contribution in [-0.4, -0.2) is 5.78 Å². The topological polar surface area (TPSA) is 43.1 Å². The second-order valence-electron chi connectivity index (χ2n) is 4.58. The Labute approximate surface area is 122 Å². The molecule has 0 aliphatic heterocycles. The lowest BCUT2D eigenvalue weighted by molar-refractivity contribution is -0.117. The molecule has 0 fully saturated rings. The minimum atomic E-state index is -0.519. The van der Waals surface area contributed by atoms with Gasteiger partial charge in [0.15, 0.2) is 0 Å². The highest BCUT2D eigenvalue weighted by molar-refractivity contribution is 6.30. The normalized spacial score (nSPS) is 10.6. The molecule has 0 saturated heterocycles. The number of hydrogen-bond donors (Lipinski definition) is 1. The Morgan fingerprint density at radius 2 is 1.60 bits per heavy atom. The third-order valence-corrected chi connectivity index (χ3v) is 3.44. The zero-order valence-electron chi connectivity index (χ0n) is 10.9. The molecule has 0 aliphatic carbocycles. The summed E-state index contributed by atoms with van der Waals surface area (Å²) in [5, 5.41) is 0.0395. The molecule has 0 radical (unpaired) electrons. The number of Topliss-reactive ketones (excluding diaryl/α,β-unsaturated/α-hetero) is 1. The van der Waals surface area contributed by atoms with Gasteiger partial charge in [-0.15, -0.1) is 0 Å². The number of nitrogens with two attached hydrogens (primary N) is 1. The molecule has 0 spiro atoms. The Bertz CT molecular complexity index is 628. The van der Waals surface area contributed by atoms with Gasteiger partial charge in [0.2, 0.25) is 0 Å². The fourth-order valence-electron chi connectivity index (χ4n) is 2.10. The van der Waals surface area contributed by atoms with Crippen LogP contribution in [0.3, 0.4) is 0 Å². The van der Waals surface area contributed by atoms with Gasteiger partial charge in [0.25, 0.3) is 0 Å². The Morgan fingerprint density at radius 1 is 1.00 bits per heavy atom. The molecule has 0 atom stereocenters. The van der Waals surface area contributed by atoms with Crippen molar-refractivity contribution >= 4 is 17.4 Å². The lowest BCUT2D eigenvalue weighted by Gasteiger charge is -2.08. The molecule has 0 saturated carbocycles. The number of ketones is 1. The average molecular weight is 292 g/mol. The van der Waals surface area contributed by atoms with Crippen LogP contribution in [-0.2, 0) is 24.2 Å². The standard InChI is InChI=1S/C16H15ClFNO/c17-15-7-3-6-12(16(15)18)9-14(20)8-11-4-1-2-5-13(11)10-19/h1-7H,8-10,19H2. The first-order valence-corrected chi connectivity index (χ1v) is 6.71. The molecular weight excluding hydrogens is 277 g/mol. The first-order chi connectivity index (χ1) is 9.61. The maximum Gasteiger partial charge on any atom is 0.145 e. The monoisotopic (exact) mass is 291 g/mol. The van der Waals surface area contributed by atoms with E-state index in [1.807, 2.05) is 24.3 Å². The molecule has 0 heterocycles. The van der Waals surface area contributed by atoms with E-state index in [-0.39, 0.29) is 23.6 Å². The SMILES string of the molecule is NCc1ccccc1CC(=O)Cc1cccc(Cl)c1F. The van der Waals surface area contributed by atoms with Crippen molar-refractivity contribution in [2.24, 2.45) is 5.73 Å². The zero-order chi connectivity index (χ0) is 14.5. The number of halogens is 2. The number of rotatable bonds is 5. The van der Waals surface area contributed by atoms with Gasteiger partial charge in [-0.05, 0) is 22.8 Å². The molecule has 2 aromatic carbocycles. The van der Waals surface area contributed by atoms with E-state index in [4.69, 9.17) is 17.3 Å². The number of carbonyl (C=O) groups excluding carboxylic acids is 1. The third kappa shape index (κ3) is 3.44. The average Bonchev–Trinajstić information content (AvgIpc) is 2.44. The summed E-state index contributed by atoms with van der Waals surface area (Å²) in [7, 11) is 0. The van der Waals surface area contributed by atoms with Gasteiger partial charge in [0, 0.05) is 19.4 Å². The fourth-order valence-corrected chi connectivity index (χ4v) is 2.30. The van der Waals surface area contributed by atoms with Gasteiger partial charge in [0.05, 0.1) is 5.02 Å². The molecule has 104 valence electrons. The molecule has 0 amide bonds. The second kappa shape index (κ2) is 6.64. The van der Waals surface area contributed by atoms with Crippen LogP contribution < -0.4 is 5.73 Å². The lowest BCUT2D eigenvalue weighted by Crippen LogP contribution is -2.11. The van der Waals surface area contributed by atoms with Crippen molar-refractivity contribution in [2.75, 3.05) is 0 Å². The van der Waals surface area contributed by atoms with E-state index >= 15 is 0 Å². The predicted molar refractivity (Wildman–Crippen MR) is 78.2 cm³/mol. The number of hydrogen-bond acceptors (Lipinski definition) is 2. The van der Waals surface area contributed by atoms with Crippen molar-refractivity contribution in [2.45, 2.75) is 19.4 Å². The molecule has 2 N–H and O–H groups in total. The summed E-state index contributed by atoms with van der Waals surface area (Å²) in [6, 6.07) is 12.2. The molecule has 0 aliphatic rings. The summed E-state index contributed by atoms with van der Waals surface area (Å²) in [6.07, 6.45) is 0.282. The quantitative estimate of drug-likeness (QED) is 0.918. The molecular formula is C16H15ClFNO. The Balaban J connectivity index is 2.11. The molecule has 4 heteroatoms. The van der Waals surface area contributed by atoms with E-state index in [1.54, 1.807) is 12.1 Å². The molecule has 0 bridgehead atoms. The minimum Gasteiger partial charge on any atom is -0.326 e. The highest BCUT2D eigenvalue weighted by atomic mass is 35.5. The van der Waals surface area contributed by atoms with Crippen molar-refractivity contribution in [1.82, 2.24) is 0 Å². The van der Waals surface area contributed by atoms with Gasteiger partial charge in [-0.3, -0.25) is 4.79 Å². The van der Waals surface area contributed by atoms with E-state index < -0.39 is 5.82 Å². The molecule has 0 unspecified atom stereocenters. The molecule has 2 rings (SSSR count). The molecule has 20 heavy (non-hydrogen) atoms. The number of benzene rings is 2. The van der Waals surface area contributed by atoms with E-state index in [0.717, 1.165) is 11.1 Å². The highest BCUT2D eigenvalue weighted by Crippen LogP contribution is 2.19. The van der Waals surface area contributed by atoms with Crippen molar-refractivity contribution in [3.05, 3.63) is 70.0 Å². The van der Waals surface area contributed by atoms with Crippen molar-refractivity contribution in [3.8, 4) is 0 Å². The van der Waals surface area contributed by atoms with Crippen molar-refractivity contribution in [3.63, 3.8) is 0 Å². The van der Waals surface area contributed by atoms with Gasteiger partial charge < -0.3 is 5.73 Å². The number of carbonyl (C=O) groups is 1. The van der Waals surface area contributed by atoms with Crippen LogP contribution in [0.2, 0.25) is 5.02 Å². The highest BCUT2D eigenvalue weighted by Gasteiger charge is 2.12. The third-order valence-electron chi connectivity index (χ3n) is 3.15. The molecule has 2 aromatic rings. The first kappa shape index (κ1) is 14.7. The van der Waals surface area contributed by atoms with Crippen LogP contribution in [0.5, 0.6) is 0 Å². The van der Waals surface area contributed by atoms with E-state index in [0.29, 0.717) is 12.1 Å². The fraction of sp³-hybridized carbons (Fsp3) is 0.188. The summed E-state index contributed by atoms with van der Waals surface area (Å²) in [6.45, 7) is 0.384. The van der Waals surface area contributed by atoms with Crippen LogP contribution >= 0.6 is 11.6 Å². The zero-order valence-corrected chi connectivity index (χ0v) is 11.7. The van der Waals surface area contributed by atoms with Crippen LogP contribution in [0, 0.1) is 5.82 Å². The van der Waals surface area contributed by atoms with Gasteiger partial charge in [-0.1, -0.05) is 48.0 Å². The van der Waals surface area contributed by atoms with Gasteiger partial charge in [0.1, 0.15) is 11.6 Å². The van der Waals surface area contributed by atoms with Gasteiger partial charge in [-0.2, -0.15) is 0 Å². The van der Waals surface area contributed by atoms with Crippen LogP contribution in [0.25, 0.3) is 0 Å². The Morgan fingerprint density at radius 3 is 2.30 bits per heavy atom. The largest absolute Gasteiger partial charge is 0.326 e. The minimum absolute atomic E-state index is 0.0330. The van der Waals surface area contributed by atoms with Crippen molar-refractivity contribution in [1.29, 1.82) is 0 Å². The maximum atomic E-state index is 13.7. The summed E-state index contributed by atoms with van der Waals surface area (Å²) in [4.78, 5) is 12.1. The van der Waals surface area contributed by atoms with Crippen LogP contribution in [0.15, 0.2) is 42.5 Å². The smallest absolute Gasteiger partial charge is 0.145 e. The van der Waals surface area contributed by atoms with Crippen LogP contribution in [0.1, 0.15) is 16.7 Å². The van der Waals surface area contributed by atoms with Gasteiger partial charge in [-0.25, -0.2) is 4.39 Å². The van der Waals surface area contributed by atoms with Crippen molar-refractivity contribution < 1.29 is 9.18 Å². The van der Waals surface area contributed by atoms with E-state index in [2.05, 4.69) is 0 Å². The summed E-state index contributed by atoms with van der Waals surface area (Å²) in [5.74, 6) is -0.582. The maximum absolute atomic E-state index is 13.7. The summed E-state index contributed by atoms with van der Waals surface area (Å²) in [5.41, 5.74) is 7.79. The summed E-state index contributed by atoms with van der Waals surface area (Å²) >= 11 is 5.70. The first-order valence-electron chi connectivity index (χ1n) is 6.33. The Kier molecular flexibility index (Phi) is 4.88. The van der Waals surface area contributed by atoms with Crippen LogP contribution in [0.4, 0.5) is 4.39 Å². The van der Waals surface area contributed by atoms with E-state index in [1.165, 1.54) is 6.07 Å². The Hall–Kier alpha value is -1.71. The molecule has 2 nitrogen and oxygen atoms in total. The van der Waals surface area contributed by atoms with E-state index in [9.17, 15) is 9.18 Å². The molecule has 0 aromatic heterocycles.